The van der Waals surface area contributed by atoms with Gasteiger partial charge in [0.05, 0.1) is 27.2 Å². The predicted octanol–water partition coefficient (Wildman–Crippen LogP) is 8.22. The molecule has 0 aromatic heterocycles. The largest absolute Gasteiger partial charge is 0.356 e. The van der Waals surface area contributed by atoms with Crippen molar-refractivity contribution in [2.45, 2.75) is 130 Å². The molecule has 0 saturated heterocycles. The smallest absolute Gasteiger partial charge is 0.220 e. The fourth-order valence-corrected chi connectivity index (χ4v) is 10.6. The van der Waals surface area contributed by atoms with Gasteiger partial charge in [0.1, 0.15) is 0 Å². The lowest BCUT2D eigenvalue weighted by Gasteiger charge is -2.61. The van der Waals surface area contributed by atoms with Gasteiger partial charge < -0.3 is 9.80 Å². The van der Waals surface area contributed by atoms with Crippen molar-refractivity contribution >= 4 is 5.91 Å². The quantitative estimate of drug-likeness (QED) is 0.206. The van der Waals surface area contributed by atoms with Gasteiger partial charge in [-0.25, -0.2) is 0 Å². The van der Waals surface area contributed by atoms with Gasteiger partial charge in [0.2, 0.25) is 5.91 Å². The summed E-state index contributed by atoms with van der Waals surface area (Å²) in [6, 6.07) is 0. The van der Waals surface area contributed by atoms with Crippen LogP contribution < -0.4 is 5.32 Å². The zero-order valence-corrected chi connectivity index (χ0v) is 25.8. The van der Waals surface area contributed by atoms with E-state index in [0.717, 1.165) is 66.4 Å². The number of fused-ring (bicyclic) bond motifs is 5. The van der Waals surface area contributed by atoms with Gasteiger partial charge in [0, 0.05) is 19.4 Å². The molecule has 0 aromatic carbocycles. The Kier molecular flexibility index (Phi) is 9.78. The number of nitrogens with one attached hydrogen (secondary N) is 1. The van der Waals surface area contributed by atoms with Crippen LogP contribution >= 0.6 is 0 Å². The molecule has 1 N–H and O–H groups in total. The average molecular weight is 516 g/mol. The van der Waals surface area contributed by atoms with E-state index in [1.165, 1.54) is 90.0 Å². The Morgan fingerprint density at radius 2 is 1.65 bits per heavy atom. The summed E-state index contributed by atoms with van der Waals surface area (Å²) >= 11 is 0. The molecule has 214 valence electrons. The van der Waals surface area contributed by atoms with Crippen LogP contribution in [0.4, 0.5) is 0 Å². The van der Waals surface area contributed by atoms with Gasteiger partial charge in [0.25, 0.3) is 0 Å². The molecule has 37 heavy (non-hydrogen) atoms. The zero-order valence-electron chi connectivity index (χ0n) is 25.8. The van der Waals surface area contributed by atoms with Crippen LogP contribution in [0.25, 0.3) is 0 Å². The Labute approximate surface area is 230 Å². The summed E-state index contributed by atoms with van der Waals surface area (Å²) in [4.78, 5) is 12.7. The van der Waals surface area contributed by atoms with E-state index >= 15 is 0 Å². The highest BCUT2D eigenvalue weighted by Gasteiger charge is 2.60. The number of hydrogen-bond donors (Lipinski definition) is 1. The molecule has 4 fully saturated rings. The first-order chi connectivity index (χ1) is 17.6. The van der Waals surface area contributed by atoms with Gasteiger partial charge >= 0.3 is 0 Å². The van der Waals surface area contributed by atoms with Crippen LogP contribution in [0.15, 0.2) is 0 Å². The minimum Gasteiger partial charge on any atom is -0.356 e. The van der Waals surface area contributed by atoms with Crippen molar-refractivity contribution in [3.8, 4) is 0 Å². The normalized spacial score (nSPS) is 38.4. The van der Waals surface area contributed by atoms with Crippen LogP contribution in [0, 0.1) is 46.3 Å². The molecule has 4 aliphatic rings. The summed E-state index contributed by atoms with van der Waals surface area (Å²) in [5, 5.41) is 3.25. The van der Waals surface area contributed by atoms with Gasteiger partial charge in [-0.2, -0.15) is 0 Å². The Morgan fingerprint density at radius 1 is 0.892 bits per heavy atom. The summed E-state index contributed by atoms with van der Waals surface area (Å²) in [5.41, 5.74) is 1.17. The SMILES string of the molecule is CCCCC[N+](C)(C)CCCNC(=O)CC[C@@H](C)[C@H]1CC[C@H]2[C@@H]3CCC4CCCC[C@]4(C)[C@H]3CC[C@]12C. The van der Waals surface area contributed by atoms with Crippen molar-refractivity contribution in [2.24, 2.45) is 46.3 Å². The van der Waals surface area contributed by atoms with Crippen molar-refractivity contribution in [2.75, 3.05) is 33.7 Å². The number of hydrogen-bond acceptors (Lipinski definition) is 1. The highest BCUT2D eigenvalue weighted by Crippen LogP contribution is 2.68. The molecule has 3 nitrogen and oxygen atoms in total. The van der Waals surface area contributed by atoms with Gasteiger partial charge in [-0.15, -0.1) is 0 Å². The molecule has 4 saturated carbocycles. The molecule has 4 aliphatic carbocycles. The Bertz CT molecular complexity index is 748. The second-order valence-electron chi connectivity index (χ2n) is 15.4. The summed E-state index contributed by atoms with van der Waals surface area (Å²) in [6.45, 7) is 13.4. The molecular weight excluding hydrogens is 452 g/mol. The third-order valence-electron chi connectivity index (χ3n) is 12.8. The minimum atomic E-state index is 0.287. The average Bonchev–Trinajstić information content (AvgIpc) is 3.22. The number of unbranched alkanes of at least 4 members (excludes halogenated alkanes) is 2. The first-order valence-corrected chi connectivity index (χ1v) is 16.7. The van der Waals surface area contributed by atoms with Gasteiger partial charge in [-0.05, 0) is 117 Å². The van der Waals surface area contributed by atoms with Gasteiger partial charge in [0.15, 0.2) is 0 Å². The lowest BCUT2D eigenvalue weighted by atomic mass is 9.44. The first kappa shape index (κ1) is 29.4. The molecule has 0 aromatic rings. The Balaban J connectivity index is 1.22. The molecule has 0 radical (unpaired) electrons. The molecule has 3 heteroatoms. The molecule has 0 aliphatic heterocycles. The maximum Gasteiger partial charge on any atom is 0.220 e. The van der Waals surface area contributed by atoms with E-state index in [9.17, 15) is 4.79 Å². The lowest BCUT2D eigenvalue weighted by molar-refractivity contribution is -0.890. The topological polar surface area (TPSA) is 29.1 Å². The summed E-state index contributed by atoms with van der Waals surface area (Å²) in [5.74, 6) is 5.74. The molecule has 4 rings (SSSR count). The standard InChI is InChI=1S/C34H62N2O/c1-7-8-11-24-36(5,6)25-12-23-35-32(37)19-14-26(2)29-17-18-30-28-16-15-27-13-9-10-21-33(27,3)31(28)20-22-34(29,30)4/h26-31H,7-25H2,1-6H3/p+1/t26-,27?,28+,29-,30+,31+,33+,34-/m1/s1. The molecule has 0 spiro atoms. The molecule has 0 bridgehead atoms. The second-order valence-corrected chi connectivity index (χ2v) is 15.4. The summed E-state index contributed by atoms with van der Waals surface area (Å²) in [7, 11) is 4.67. The monoisotopic (exact) mass is 515 g/mol. The van der Waals surface area contributed by atoms with Crippen LogP contribution in [0.3, 0.4) is 0 Å². The number of amides is 1. The van der Waals surface area contributed by atoms with E-state index in [4.69, 9.17) is 0 Å². The third-order valence-corrected chi connectivity index (χ3v) is 12.8. The van der Waals surface area contributed by atoms with Crippen molar-refractivity contribution in [1.29, 1.82) is 0 Å². The number of nitrogens with zero attached hydrogens (tertiary/aromatic N) is 1. The van der Waals surface area contributed by atoms with Crippen molar-refractivity contribution in [1.82, 2.24) is 5.32 Å². The fraction of sp³-hybridized carbons (Fsp3) is 0.971. The van der Waals surface area contributed by atoms with E-state index in [0.29, 0.717) is 16.7 Å². The van der Waals surface area contributed by atoms with Crippen molar-refractivity contribution in [3.63, 3.8) is 0 Å². The predicted molar refractivity (Wildman–Crippen MR) is 157 cm³/mol. The van der Waals surface area contributed by atoms with Crippen LogP contribution in [0.1, 0.15) is 130 Å². The lowest BCUT2D eigenvalue weighted by Crippen LogP contribution is -2.53. The van der Waals surface area contributed by atoms with E-state index < -0.39 is 0 Å². The van der Waals surface area contributed by atoms with Gasteiger partial charge in [-0.1, -0.05) is 47.0 Å². The second kappa shape index (κ2) is 12.3. The molecular formula is C34H63N2O+. The summed E-state index contributed by atoms with van der Waals surface area (Å²) in [6.07, 6.45) is 21.7. The molecule has 1 amide bonds. The number of quaternary nitrogens is 1. The van der Waals surface area contributed by atoms with E-state index in [1.54, 1.807) is 0 Å². The van der Waals surface area contributed by atoms with Crippen molar-refractivity contribution in [3.05, 3.63) is 0 Å². The maximum absolute atomic E-state index is 12.7. The van der Waals surface area contributed by atoms with E-state index in [1.807, 2.05) is 0 Å². The van der Waals surface area contributed by atoms with Crippen LogP contribution in [0.2, 0.25) is 0 Å². The van der Waals surface area contributed by atoms with E-state index in [-0.39, 0.29) is 5.91 Å². The fourth-order valence-electron chi connectivity index (χ4n) is 10.6. The van der Waals surface area contributed by atoms with Crippen molar-refractivity contribution < 1.29 is 9.28 Å². The molecule has 1 unspecified atom stereocenters. The highest BCUT2D eigenvalue weighted by atomic mass is 16.1. The third kappa shape index (κ3) is 6.44. The minimum absolute atomic E-state index is 0.287. The molecule has 8 atom stereocenters. The Morgan fingerprint density at radius 3 is 2.43 bits per heavy atom. The Hall–Kier alpha value is -0.570. The first-order valence-electron chi connectivity index (χ1n) is 16.7. The zero-order chi connectivity index (χ0) is 26.7. The maximum atomic E-state index is 12.7. The summed E-state index contributed by atoms with van der Waals surface area (Å²) < 4.78 is 1.08. The molecule has 0 heterocycles. The van der Waals surface area contributed by atoms with Gasteiger partial charge in [-0.3, -0.25) is 4.79 Å². The highest BCUT2D eigenvalue weighted by molar-refractivity contribution is 5.75. The number of carbonyl (C=O) groups excluding carboxylic acids is 1. The van der Waals surface area contributed by atoms with Crippen LogP contribution in [-0.2, 0) is 4.79 Å². The van der Waals surface area contributed by atoms with Crippen LogP contribution in [-0.4, -0.2) is 44.1 Å². The van der Waals surface area contributed by atoms with E-state index in [2.05, 4.69) is 47.1 Å². The van der Waals surface area contributed by atoms with Crippen LogP contribution in [0.5, 0.6) is 0 Å². The number of carbonyl (C=O) groups is 1. The number of rotatable bonds is 12.